The fraction of sp³-hybridized carbons (Fsp3) is 0.526. The van der Waals surface area contributed by atoms with E-state index >= 15 is 0 Å². The number of nitrogens with one attached hydrogen (secondary N) is 2. The lowest BCUT2D eigenvalue weighted by Gasteiger charge is -2.26. The zero-order valence-electron chi connectivity index (χ0n) is 16.8. The third-order valence-corrected chi connectivity index (χ3v) is 7.16. The predicted molar refractivity (Wildman–Crippen MR) is 107 cm³/mol. The molecule has 2 aliphatic heterocycles. The molecule has 3 amide bonds. The predicted octanol–water partition coefficient (Wildman–Crippen LogP) is -0.826. The number of morpholine rings is 1. The molecule has 10 nitrogen and oxygen atoms in total. The van der Waals surface area contributed by atoms with Gasteiger partial charge in [0.1, 0.15) is 6.04 Å². The smallest absolute Gasteiger partial charge is 0.251 e. The molecule has 1 aromatic rings. The van der Waals surface area contributed by atoms with Gasteiger partial charge in [-0.05, 0) is 37.1 Å². The van der Waals surface area contributed by atoms with Gasteiger partial charge in [-0.15, -0.1) is 0 Å². The molecule has 2 saturated heterocycles. The molecule has 2 heterocycles. The molecule has 164 valence electrons. The Morgan fingerprint density at radius 3 is 2.40 bits per heavy atom. The van der Waals surface area contributed by atoms with Gasteiger partial charge in [0.25, 0.3) is 5.91 Å². The summed E-state index contributed by atoms with van der Waals surface area (Å²) in [7, 11) is -2.11. The van der Waals surface area contributed by atoms with Crippen LogP contribution in [0.15, 0.2) is 29.2 Å². The van der Waals surface area contributed by atoms with Gasteiger partial charge in [-0.1, -0.05) is 0 Å². The molecule has 0 aliphatic carbocycles. The minimum Gasteiger partial charge on any atom is -0.379 e. The summed E-state index contributed by atoms with van der Waals surface area (Å²) in [5.74, 6) is -1.04. The van der Waals surface area contributed by atoms with Crippen molar-refractivity contribution >= 4 is 27.7 Å². The average molecular weight is 439 g/mol. The number of benzene rings is 1. The van der Waals surface area contributed by atoms with Crippen molar-refractivity contribution < 1.29 is 27.5 Å². The summed E-state index contributed by atoms with van der Waals surface area (Å²) in [6.07, 6.45) is 1.33. The Morgan fingerprint density at radius 2 is 1.77 bits per heavy atom. The highest BCUT2D eigenvalue weighted by Gasteiger charge is 2.33. The Morgan fingerprint density at radius 1 is 1.10 bits per heavy atom. The van der Waals surface area contributed by atoms with Crippen LogP contribution < -0.4 is 10.6 Å². The molecular formula is C19H26N4O6S. The fourth-order valence-corrected chi connectivity index (χ4v) is 4.99. The second kappa shape index (κ2) is 9.54. The van der Waals surface area contributed by atoms with Gasteiger partial charge >= 0.3 is 0 Å². The quantitative estimate of drug-likeness (QED) is 0.598. The first-order valence-electron chi connectivity index (χ1n) is 9.82. The summed E-state index contributed by atoms with van der Waals surface area (Å²) in [5.41, 5.74) is 0.244. The topological polar surface area (TPSA) is 125 Å². The van der Waals surface area contributed by atoms with Gasteiger partial charge in [0.05, 0.1) is 24.7 Å². The first kappa shape index (κ1) is 22.2. The molecule has 2 N–H and O–H groups in total. The van der Waals surface area contributed by atoms with Gasteiger partial charge < -0.3 is 20.3 Å². The van der Waals surface area contributed by atoms with Crippen LogP contribution in [0.1, 0.15) is 23.2 Å². The van der Waals surface area contributed by atoms with E-state index < -0.39 is 22.0 Å². The van der Waals surface area contributed by atoms with Gasteiger partial charge in [-0.3, -0.25) is 14.4 Å². The van der Waals surface area contributed by atoms with Gasteiger partial charge in [0, 0.05) is 32.2 Å². The van der Waals surface area contributed by atoms with Crippen LogP contribution >= 0.6 is 0 Å². The third-order valence-electron chi connectivity index (χ3n) is 5.25. The molecule has 11 heteroatoms. The Bertz CT molecular complexity index is 896. The van der Waals surface area contributed by atoms with E-state index in [1.807, 2.05) is 0 Å². The third kappa shape index (κ3) is 4.79. The summed E-state index contributed by atoms with van der Waals surface area (Å²) >= 11 is 0. The number of ether oxygens (including phenoxy) is 1. The largest absolute Gasteiger partial charge is 0.379 e. The number of nitrogens with zero attached hydrogens (tertiary/aromatic N) is 2. The summed E-state index contributed by atoms with van der Waals surface area (Å²) in [6.45, 7) is 1.53. The van der Waals surface area contributed by atoms with E-state index in [-0.39, 0.29) is 28.8 Å². The van der Waals surface area contributed by atoms with E-state index in [0.29, 0.717) is 39.3 Å². The molecule has 0 radical (unpaired) electrons. The summed E-state index contributed by atoms with van der Waals surface area (Å²) in [5, 5.41) is 5.08. The lowest BCUT2D eigenvalue weighted by Crippen LogP contribution is -2.48. The second-order valence-electron chi connectivity index (χ2n) is 7.08. The number of hydrogen-bond donors (Lipinski definition) is 2. The molecule has 0 spiro atoms. The van der Waals surface area contributed by atoms with Crippen LogP contribution in [0.5, 0.6) is 0 Å². The summed E-state index contributed by atoms with van der Waals surface area (Å²) < 4.78 is 31.8. The Labute approximate surface area is 175 Å². The zero-order chi connectivity index (χ0) is 21.7. The molecule has 0 saturated carbocycles. The van der Waals surface area contributed by atoms with E-state index in [4.69, 9.17) is 4.74 Å². The van der Waals surface area contributed by atoms with Gasteiger partial charge in [-0.25, -0.2) is 8.42 Å². The number of likely N-dealkylation sites (N-methyl/N-ethyl adjacent to an activating group) is 1. The van der Waals surface area contributed by atoms with Gasteiger partial charge in [-0.2, -0.15) is 4.31 Å². The van der Waals surface area contributed by atoms with E-state index in [2.05, 4.69) is 10.6 Å². The molecule has 0 aromatic heterocycles. The maximum Gasteiger partial charge on any atom is 0.251 e. The van der Waals surface area contributed by atoms with Crippen LogP contribution in [0.3, 0.4) is 0 Å². The minimum atomic E-state index is -3.64. The standard InChI is InChI=1S/C19H26N4O6S/c1-20-19(26)16-3-2-8-23(16)17(24)13-21-18(25)14-4-6-15(7-5-14)30(27,28)22-9-11-29-12-10-22/h4-7,16H,2-3,8-13H2,1H3,(H,20,26)(H,21,25). The average Bonchev–Trinajstić information content (AvgIpc) is 3.27. The minimum absolute atomic E-state index is 0.0995. The number of amides is 3. The molecule has 1 atom stereocenters. The molecule has 1 unspecified atom stereocenters. The highest BCUT2D eigenvalue weighted by Crippen LogP contribution is 2.19. The number of sulfonamides is 1. The van der Waals surface area contributed by atoms with Crippen LogP contribution in [0.2, 0.25) is 0 Å². The van der Waals surface area contributed by atoms with E-state index in [0.717, 1.165) is 6.42 Å². The number of likely N-dealkylation sites (tertiary alicyclic amines) is 1. The number of carbonyl (C=O) groups is 3. The first-order valence-corrected chi connectivity index (χ1v) is 11.3. The van der Waals surface area contributed by atoms with Crippen molar-refractivity contribution in [2.75, 3.05) is 46.4 Å². The molecule has 30 heavy (non-hydrogen) atoms. The van der Waals surface area contributed by atoms with Gasteiger partial charge in [0.2, 0.25) is 21.8 Å². The molecular weight excluding hydrogens is 412 g/mol. The summed E-state index contributed by atoms with van der Waals surface area (Å²) in [4.78, 5) is 38.2. The molecule has 2 fully saturated rings. The highest BCUT2D eigenvalue weighted by molar-refractivity contribution is 7.89. The monoisotopic (exact) mass is 438 g/mol. The lowest BCUT2D eigenvalue weighted by atomic mass is 10.2. The number of carbonyl (C=O) groups excluding carboxylic acids is 3. The molecule has 1 aromatic carbocycles. The normalized spacial score (nSPS) is 20.0. The number of hydrogen-bond acceptors (Lipinski definition) is 6. The van der Waals surface area contributed by atoms with Crippen molar-refractivity contribution in [3.63, 3.8) is 0 Å². The second-order valence-corrected chi connectivity index (χ2v) is 9.02. The van der Waals surface area contributed by atoms with Crippen molar-refractivity contribution in [2.24, 2.45) is 0 Å². The van der Waals surface area contributed by atoms with E-state index in [9.17, 15) is 22.8 Å². The van der Waals surface area contributed by atoms with Gasteiger partial charge in [0.15, 0.2) is 0 Å². The van der Waals surface area contributed by atoms with Crippen LogP contribution in [-0.4, -0.2) is 87.8 Å². The van der Waals surface area contributed by atoms with Crippen molar-refractivity contribution in [3.05, 3.63) is 29.8 Å². The van der Waals surface area contributed by atoms with Crippen LogP contribution in [0.4, 0.5) is 0 Å². The lowest BCUT2D eigenvalue weighted by molar-refractivity contribution is -0.137. The fourth-order valence-electron chi connectivity index (χ4n) is 3.58. The van der Waals surface area contributed by atoms with Crippen molar-refractivity contribution in [3.8, 4) is 0 Å². The van der Waals surface area contributed by atoms with Crippen molar-refractivity contribution in [1.82, 2.24) is 19.8 Å². The maximum atomic E-state index is 12.6. The molecule has 3 rings (SSSR count). The molecule has 2 aliphatic rings. The molecule has 0 bridgehead atoms. The highest BCUT2D eigenvalue weighted by atomic mass is 32.2. The van der Waals surface area contributed by atoms with Crippen LogP contribution in [-0.2, 0) is 24.3 Å². The van der Waals surface area contributed by atoms with Crippen molar-refractivity contribution in [2.45, 2.75) is 23.8 Å². The van der Waals surface area contributed by atoms with E-state index in [1.165, 1.54) is 40.5 Å². The number of rotatable bonds is 6. The first-order chi connectivity index (χ1) is 14.3. The Kier molecular flexibility index (Phi) is 7.06. The van der Waals surface area contributed by atoms with Crippen LogP contribution in [0.25, 0.3) is 0 Å². The zero-order valence-corrected chi connectivity index (χ0v) is 17.6. The summed E-state index contributed by atoms with van der Waals surface area (Å²) in [6, 6.07) is 5.07. The Hall–Kier alpha value is -2.50. The van der Waals surface area contributed by atoms with E-state index in [1.54, 1.807) is 0 Å². The SMILES string of the molecule is CNC(=O)C1CCCN1C(=O)CNC(=O)c1ccc(S(=O)(=O)N2CCOCC2)cc1. The maximum absolute atomic E-state index is 12.6. The Balaban J connectivity index is 1.58. The van der Waals surface area contributed by atoms with Crippen molar-refractivity contribution in [1.29, 1.82) is 0 Å². The van der Waals surface area contributed by atoms with Crippen LogP contribution in [0, 0.1) is 0 Å².